The lowest BCUT2D eigenvalue weighted by atomic mass is 9.84. The highest BCUT2D eigenvalue weighted by atomic mass is 15.0. The summed E-state index contributed by atoms with van der Waals surface area (Å²) in [4.78, 5) is 0. The lowest BCUT2D eigenvalue weighted by Gasteiger charge is -2.20. The predicted molar refractivity (Wildman–Crippen MR) is 430 cm³/mol. The minimum absolute atomic E-state index is 1.12. The Bertz CT molecular complexity index is 5610. The number of rotatable bonds is 12. The van der Waals surface area contributed by atoms with E-state index in [2.05, 4.69) is 407 Å². The van der Waals surface area contributed by atoms with Crippen LogP contribution in [-0.2, 0) is 0 Å². The lowest BCUT2D eigenvalue weighted by molar-refractivity contribution is 1.18. The van der Waals surface area contributed by atoms with Gasteiger partial charge in [0.05, 0.1) is 44.1 Å². The molecular formula is C98H64N4. The molecule has 16 aromatic carbocycles. The zero-order valence-corrected chi connectivity index (χ0v) is 55.7. The summed E-state index contributed by atoms with van der Waals surface area (Å²) in [6.45, 7) is 0. The summed E-state index contributed by atoms with van der Waals surface area (Å²) in [6.07, 6.45) is 0. The smallest absolute Gasteiger partial charge is 0.0541 e. The van der Waals surface area contributed by atoms with E-state index in [0.717, 1.165) is 101 Å². The molecule has 0 unspecified atom stereocenters. The average molecular weight is 1300 g/mol. The first-order chi connectivity index (χ1) is 50.6. The van der Waals surface area contributed by atoms with Crippen molar-refractivity contribution in [2.45, 2.75) is 0 Å². The Hall–Kier alpha value is -13.5. The third kappa shape index (κ3) is 9.75. The van der Waals surface area contributed by atoms with Gasteiger partial charge in [0, 0.05) is 65.8 Å². The quantitative estimate of drug-likeness (QED) is 0.109. The number of benzene rings is 16. The van der Waals surface area contributed by atoms with Crippen LogP contribution in [0.1, 0.15) is 22.3 Å². The van der Waals surface area contributed by atoms with Crippen LogP contribution >= 0.6 is 0 Å². The van der Waals surface area contributed by atoms with Gasteiger partial charge in [-0.15, -0.1) is 0 Å². The Morgan fingerprint density at radius 1 is 0.127 bits per heavy atom. The van der Waals surface area contributed by atoms with Crippen LogP contribution in [0.15, 0.2) is 388 Å². The molecule has 0 aliphatic rings. The van der Waals surface area contributed by atoms with E-state index in [1.807, 2.05) is 0 Å². The molecule has 0 amide bonds. The fourth-order valence-electron chi connectivity index (χ4n) is 16.2. The fourth-order valence-corrected chi connectivity index (χ4v) is 16.2. The minimum atomic E-state index is 1.12. The van der Waals surface area contributed by atoms with Crippen LogP contribution in [0, 0.1) is 0 Å². The van der Waals surface area contributed by atoms with Crippen LogP contribution in [0.3, 0.4) is 0 Å². The summed E-state index contributed by atoms with van der Waals surface area (Å²) in [5, 5.41) is 10.0. The molecule has 476 valence electrons. The number of aromatic nitrogens is 4. The van der Waals surface area contributed by atoms with E-state index in [0.29, 0.717) is 0 Å². The molecule has 4 heteroatoms. The van der Waals surface area contributed by atoms with Gasteiger partial charge in [-0.1, -0.05) is 291 Å². The number of hydrogen-bond acceptors (Lipinski definition) is 0. The van der Waals surface area contributed by atoms with Crippen molar-refractivity contribution in [3.8, 4) is 67.3 Å². The Morgan fingerprint density at radius 3 is 0.402 bits per heavy atom. The molecule has 0 saturated carbocycles. The molecule has 0 atom stereocenters. The molecule has 0 spiro atoms. The first kappa shape index (κ1) is 58.6. The molecule has 0 saturated heterocycles. The Kier molecular flexibility index (Phi) is 13.9. The van der Waals surface area contributed by atoms with Crippen molar-refractivity contribution >= 4 is 98.4 Å². The molecule has 20 rings (SSSR count). The highest BCUT2D eigenvalue weighted by Crippen LogP contribution is 2.43. The van der Waals surface area contributed by atoms with Crippen molar-refractivity contribution in [2.75, 3.05) is 0 Å². The summed E-state index contributed by atoms with van der Waals surface area (Å²) >= 11 is 0. The molecule has 0 N–H and O–H groups in total. The van der Waals surface area contributed by atoms with Crippen molar-refractivity contribution in [1.29, 1.82) is 0 Å². The highest BCUT2D eigenvalue weighted by Gasteiger charge is 2.21. The summed E-state index contributed by atoms with van der Waals surface area (Å²) in [6, 6.07) is 143. The van der Waals surface area contributed by atoms with Gasteiger partial charge in [-0.05, 0) is 175 Å². The maximum atomic E-state index is 2.38. The standard InChI is InChI=1S/C98H64N4/c1-9-25-89-81(17-1)82-18-2-10-26-90(82)99(89)77-57-49-69(50-58-77)65-33-41-73(42-34-65)97(74-43-35-66(36-44-74)70-51-59-78(60-52-70)100-91-27-11-3-19-83(91)84-20-4-12-28-92(84)100)98(75-45-37-67(38-46-75)71-53-61-79(62-54-71)101-93-29-13-5-21-85(93)86-22-6-14-30-94(86)101)76-47-39-68(40-48-76)72-55-63-80(64-56-72)102-95-31-15-7-23-87(95)88-24-8-16-32-96(88)102/h1-64H. The van der Waals surface area contributed by atoms with Crippen molar-refractivity contribution in [1.82, 2.24) is 18.3 Å². The normalized spacial score (nSPS) is 11.7. The highest BCUT2D eigenvalue weighted by molar-refractivity contribution is 6.13. The molecule has 102 heavy (non-hydrogen) atoms. The van der Waals surface area contributed by atoms with Gasteiger partial charge in [-0.2, -0.15) is 0 Å². The second-order valence-corrected chi connectivity index (χ2v) is 26.7. The molecule has 0 radical (unpaired) electrons. The summed E-state index contributed by atoms with van der Waals surface area (Å²) in [5.41, 5.74) is 30.1. The van der Waals surface area contributed by atoms with E-state index in [1.54, 1.807) is 0 Å². The Balaban J connectivity index is 0.711. The predicted octanol–water partition coefficient (Wildman–Crippen LogP) is 25.8. The van der Waals surface area contributed by atoms with Gasteiger partial charge in [-0.25, -0.2) is 0 Å². The van der Waals surface area contributed by atoms with Crippen molar-refractivity contribution < 1.29 is 0 Å². The van der Waals surface area contributed by atoms with Crippen molar-refractivity contribution in [2.24, 2.45) is 0 Å². The van der Waals surface area contributed by atoms with E-state index in [-0.39, 0.29) is 0 Å². The zero-order chi connectivity index (χ0) is 67.2. The summed E-state index contributed by atoms with van der Waals surface area (Å²) < 4.78 is 9.54. The summed E-state index contributed by atoms with van der Waals surface area (Å²) in [7, 11) is 0. The first-order valence-corrected chi connectivity index (χ1v) is 35.1. The van der Waals surface area contributed by atoms with Crippen LogP contribution < -0.4 is 0 Å². The third-order valence-corrected chi connectivity index (χ3v) is 21.1. The van der Waals surface area contributed by atoms with Crippen LogP contribution in [0.25, 0.3) is 166 Å². The van der Waals surface area contributed by atoms with Crippen LogP contribution in [0.5, 0.6) is 0 Å². The molecular weight excluding hydrogens is 1230 g/mol. The lowest BCUT2D eigenvalue weighted by Crippen LogP contribution is -1.99. The topological polar surface area (TPSA) is 19.7 Å². The SMILES string of the molecule is c1ccc2c(c1)c1ccccc1n2-c1ccc(-c2ccc(C(=C(c3ccc(-c4ccc(-n5c6ccccc6c6ccccc65)cc4)cc3)c3ccc(-c4ccc(-n5c6ccccc6c6ccccc65)cc4)cc3)c3ccc(-c4ccc(-n5c6ccccc6c6ccccc65)cc4)cc3)cc2)cc1. The zero-order valence-electron chi connectivity index (χ0n) is 55.7. The van der Waals surface area contributed by atoms with E-state index in [9.17, 15) is 0 Å². The molecule has 0 aliphatic heterocycles. The fraction of sp³-hybridized carbons (Fsp3) is 0. The monoisotopic (exact) mass is 1300 g/mol. The van der Waals surface area contributed by atoms with Crippen molar-refractivity contribution in [3.05, 3.63) is 411 Å². The van der Waals surface area contributed by atoms with Crippen LogP contribution in [0.2, 0.25) is 0 Å². The number of para-hydroxylation sites is 8. The molecule has 4 aromatic heterocycles. The largest absolute Gasteiger partial charge is 0.309 e. The first-order valence-electron chi connectivity index (χ1n) is 35.1. The molecule has 4 nitrogen and oxygen atoms in total. The van der Waals surface area contributed by atoms with Gasteiger partial charge in [0.25, 0.3) is 0 Å². The van der Waals surface area contributed by atoms with E-state index >= 15 is 0 Å². The van der Waals surface area contributed by atoms with Crippen LogP contribution in [0.4, 0.5) is 0 Å². The van der Waals surface area contributed by atoms with Gasteiger partial charge >= 0.3 is 0 Å². The van der Waals surface area contributed by atoms with E-state index < -0.39 is 0 Å². The van der Waals surface area contributed by atoms with Gasteiger partial charge < -0.3 is 18.3 Å². The molecule has 4 heterocycles. The maximum Gasteiger partial charge on any atom is 0.0541 e. The van der Waals surface area contributed by atoms with Crippen LogP contribution in [-0.4, -0.2) is 18.3 Å². The average Bonchev–Trinajstić information content (AvgIpc) is 1.58. The summed E-state index contributed by atoms with van der Waals surface area (Å²) in [5.74, 6) is 0. The van der Waals surface area contributed by atoms with Gasteiger partial charge in [-0.3, -0.25) is 0 Å². The second-order valence-electron chi connectivity index (χ2n) is 26.7. The van der Waals surface area contributed by atoms with Gasteiger partial charge in [0.1, 0.15) is 0 Å². The molecule has 0 bridgehead atoms. The Morgan fingerprint density at radius 2 is 0.255 bits per heavy atom. The van der Waals surface area contributed by atoms with E-state index in [1.165, 1.54) is 87.2 Å². The second kappa shape index (κ2) is 24.2. The van der Waals surface area contributed by atoms with Gasteiger partial charge in [0.15, 0.2) is 0 Å². The molecule has 0 fully saturated rings. The molecule has 0 aliphatic carbocycles. The number of hydrogen-bond donors (Lipinski definition) is 0. The van der Waals surface area contributed by atoms with E-state index in [4.69, 9.17) is 0 Å². The third-order valence-electron chi connectivity index (χ3n) is 21.1. The Labute approximate surface area is 590 Å². The molecule has 20 aromatic rings. The number of fused-ring (bicyclic) bond motifs is 12. The van der Waals surface area contributed by atoms with Gasteiger partial charge in [0.2, 0.25) is 0 Å². The maximum absolute atomic E-state index is 2.38. The minimum Gasteiger partial charge on any atom is -0.309 e. The van der Waals surface area contributed by atoms with Crippen molar-refractivity contribution in [3.63, 3.8) is 0 Å². The number of nitrogens with zero attached hydrogens (tertiary/aromatic N) is 4.